The number of halogens is 2. The van der Waals surface area contributed by atoms with E-state index in [2.05, 4.69) is 15.3 Å². The first kappa shape index (κ1) is 22.4. The van der Waals surface area contributed by atoms with Crippen LogP contribution in [0.2, 0.25) is 0 Å². The van der Waals surface area contributed by atoms with Crippen molar-refractivity contribution in [2.75, 3.05) is 13.2 Å². The van der Waals surface area contributed by atoms with Crippen molar-refractivity contribution < 1.29 is 23.5 Å². The van der Waals surface area contributed by atoms with Gasteiger partial charge in [0.15, 0.2) is 10.8 Å². The van der Waals surface area contributed by atoms with E-state index in [1.807, 2.05) is 0 Å². The molecule has 1 saturated carbocycles. The van der Waals surface area contributed by atoms with E-state index in [-0.39, 0.29) is 35.8 Å². The normalized spacial score (nSPS) is 25.9. The Kier molecular flexibility index (Phi) is 6.15. The minimum Gasteiger partial charge on any atom is -0.366 e. The summed E-state index contributed by atoms with van der Waals surface area (Å²) in [6, 6.07) is 0.0191. The Hall–Kier alpha value is -2.43. The molecule has 5 rings (SSSR count). The molecule has 4 atom stereocenters. The van der Waals surface area contributed by atoms with E-state index in [9.17, 15) is 18.8 Å². The van der Waals surface area contributed by atoms with Gasteiger partial charge >= 0.3 is 0 Å². The van der Waals surface area contributed by atoms with Crippen LogP contribution in [0.25, 0.3) is 10.4 Å². The number of nitrogens with zero attached hydrogens (tertiary/aromatic N) is 3. The number of thiazole rings is 1. The summed E-state index contributed by atoms with van der Waals surface area (Å²) < 4.78 is 19.6. The van der Waals surface area contributed by atoms with Gasteiger partial charge in [-0.05, 0) is 24.8 Å². The van der Waals surface area contributed by atoms with E-state index in [0.717, 1.165) is 43.2 Å². The Morgan fingerprint density at radius 1 is 1.30 bits per heavy atom. The first-order valence-electron chi connectivity index (χ1n) is 10.9. The lowest BCUT2D eigenvalue weighted by molar-refractivity contribution is -0.139. The van der Waals surface area contributed by atoms with Gasteiger partial charge < -0.3 is 15.0 Å². The molecule has 2 aromatic heterocycles. The highest BCUT2D eigenvalue weighted by atomic mass is 35.5. The van der Waals surface area contributed by atoms with Crippen molar-refractivity contribution >= 4 is 40.5 Å². The van der Waals surface area contributed by atoms with Crippen LogP contribution in [0.3, 0.4) is 0 Å². The number of likely N-dealkylation sites (tertiary alicyclic amines) is 1. The second-order valence-corrected chi connectivity index (χ2v) is 10.2. The molecular weight excluding hydrogens is 471 g/mol. The van der Waals surface area contributed by atoms with Crippen LogP contribution in [0, 0.1) is 11.7 Å². The van der Waals surface area contributed by atoms with Gasteiger partial charge in [0.05, 0.1) is 16.5 Å². The fourth-order valence-corrected chi connectivity index (χ4v) is 6.16. The quantitative estimate of drug-likeness (QED) is 0.643. The zero-order valence-corrected chi connectivity index (χ0v) is 19.2. The molecule has 0 aromatic carbocycles. The molecule has 3 aliphatic rings. The zero-order chi connectivity index (χ0) is 23.1. The number of rotatable bonds is 5. The molecule has 1 N–H and O–H groups in total. The molecule has 4 heterocycles. The van der Waals surface area contributed by atoms with Gasteiger partial charge in [0, 0.05) is 24.5 Å². The molecule has 0 spiro atoms. The smallest absolute Gasteiger partial charge is 0.280 e. The number of nitrogens with one attached hydrogen (secondary N) is 1. The topological polar surface area (TPSA) is 101 Å². The van der Waals surface area contributed by atoms with Crippen LogP contribution < -0.4 is 5.32 Å². The Balaban J connectivity index is 1.37. The summed E-state index contributed by atoms with van der Waals surface area (Å²) in [5.74, 6) is -1.53. The summed E-state index contributed by atoms with van der Waals surface area (Å²) in [7, 11) is 0. The van der Waals surface area contributed by atoms with E-state index in [0.29, 0.717) is 10.4 Å². The van der Waals surface area contributed by atoms with Gasteiger partial charge in [0.2, 0.25) is 5.91 Å². The number of hydrogen-bond acceptors (Lipinski definition) is 7. The molecule has 0 unspecified atom stereocenters. The van der Waals surface area contributed by atoms with Gasteiger partial charge in [-0.2, -0.15) is 0 Å². The van der Waals surface area contributed by atoms with E-state index in [4.69, 9.17) is 16.3 Å². The number of fused-ring (bicyclic) bond motifs is 1. The van der Waals surface area contributed by atoms with E-state index >= 15 is 0 Å². The summed E-state index contributed by atoms with van der Waals surface area (Å²) in [4.78, 5) is 48.8. The number of hydrogen-bond donors (Lipinski definition) is 1. The van der Waals surface area contributed by atoms with Crippen molar-refractivity contribution in [3.63, 3.8) is 0 Å². The van der Waals surface area contributed by atoms with Crippen LogP contribution in [-0.4, -0.2) is 69.2 Å². The predicted octanol–water partition coefficient (Wildman–Crippen LogP) is 2.42. The molecule has 3 fully saturated rings. The highest BCUT2D eigenvalue weighted by molar-refractivity contribution is 7.17. The monoisotopic (exact) mass is 492 g/mol. The van der Waals surface area contributed by atoms with Gasteiger partial charge in [0.1, 0.15) is 30.6 Å². The zero-order valence-electron chi connectivity index (χ0n) is 17.6. The molecule has 8 nitrogen and oxygen atoms in total. The van der Waals surface area contributed by atoms with Gasteiger partial charge in [-0.1, -0.05) is 12.8 Å². The number of ketones is 1. The van der Waals surface area contributed by atoms with Crippen LogP contribution >= 0.6 is 22.9 Å². The van der Waals surface area contributed by atoms with Crippen molar-refractivity contribution in [3.8, 4) is 10.4 Å². The number of amides is 2. The fourth-order valence-electron chi connectivity index (χ4n) is 4.96. The number of pyridine rings is 1. The summed E-state index contributed by atoms with van der Waals surface area (Å²) in [6.45, 7) is 0.138. The van der Waals surface area contributed by atoms with E-state index < -0.39 is 35.3 Å². The fraction of sp³-hybridized carbons (Fsp3) is 0.500. The standard InChI is InChI=1S/C22H22ClFN4O4S/c23-13-9-28(18-15(29)10-32-19(13)18)22(31)17(11-3-1-2-4-11)27-20(30)21-26-8-16(33-21)12-5-6-25-7-14(12)24/h5-8,11,13,17-19H,1-4,9-10H2,(H,27,30)/t13-,17-,18+,19+/m0/s1. The Labute approximate surface area is 198 Å². The maximum absolute atomic E-state index is 14.1. The lowest BCUT2D eigenvalue weighted by Gasteiger charge is -2.30. The molecule has 33 heavy (non-hydrogen) atoms. The number of ether oxygens (including phenoxy) is 1. The minimum atomic E-state index is -0.791. The molecule has 2 aromatic rings. The van der Waals surface area contributed by atoms with Crippen molar-refractivity contribution in [3.05, 3.63) is 35.5 Å². The van der Waals surface area contributed by atoms with E-state index in [1.165, 1.54) is 23.4 Å². The summed E-state index contributed by atoms with van der Waals surface area (Å²) >= 11 is 7.40. The van der Waals surface area contributed by atoms with Crippen LogP contribution in [0.1, 0.15) is 35.5 Å². The first-order valence-corrected chi connectivity index (χ1v) is 12.1. The Bertz CT molecular complexity index is 1090. The molecule has 11 heteroatoms. The van der Waals surface area contributed by atoms with Crippen LogP contribution in [0.4, 0.5) is 4.39 Å². The molecule has 2 saturated heterocycles. The molecule has 174 valence electrons. The Morgan fingerprint density at radius 2 is 2.09 bits per heavy atom. The van der Waals surface area contributed by atoms with Crippen LogP contribution in [-0.2, 0) is 14.3 Å². The number of carbonyl (C=O) groups is 3. The number of aromatic nitrogens is 2. The summed E-state index contributed by atoms with van der Waals surface area (Å²) in [5, 5.41) is 2.52. The number of carbonyl (C=O) groups excluding carboxylic acids is 3. The van der Waals surface area contributed by atoms with Crippen molar-refractivity contribution in [2.45, 2.75) is 49.2 Å². The van der Waals surface area contributed by atoms with Crippen molar-refractivity contribution in [1.82, 2.24) is 20.2 Å². The summed E-state index contributed by atoms with van der Waals surface area (Å²) in [5.41, 5.74) is 0.306. The molecule has 1 aliphatic carbocycles. The molecule has 0 bridgehead atoms. The highest BCUT2D eigenvalue weighted by Crippen LogP contribution is 2.35. The largest absolute Gasteiger partial charge is 0.366 e. The lowest BCUT2D eigenvalue weighted by Crippen LogP contribution is -2.54. The summed E-state index contributed by atoms with van der Waals surface area (Å²) in [6.07, 6.45) is 7.04. The SMILES string of the molecule is O=C(N[C@H](C(=O)N1C[C@H](Cl)[C@H]2OCC(=O)[C@H]21)C1CCCC1)c1ncc(-c2ccncc2F)s1. The van der Waals surface area contributed by atoms with Crippen LogP contribution in [0.15, 0.2) is 24.7 Å². The number of Topliss-reactive ketones (excluding diaryl/α,β-unsaturated/α-hetero) is 1. The van der Waals surface area contributed by atoms with Crippen molar-refractivity contribution in [1.29, 1.82) is 0 Å². The molecule has 0 radical (unpaired) electrons. The minimum absolute atomic E-state index is 0.0382. The second-order valence-electron chi connectivity index (χ2n) is 8.57. The van der Waals surface area contributed by atoms with Gasteiger partial charge in [-0.25, -0.2) is 9.37 Å². The van der Waals surface area contributed by atoms with Crippen molar-refractivity contribution in [2.24, 2.45) is 5.92 Å². The third-order valence-electron chi connectivity index (χ3n) is 6.57. The molecular formula is C22H22ClFN4O4S. The second kappa shape index (κ2) is 9.08. The van der Waals surface area contributed by atoms with Gasteiger partial charge in [-0.3, -0.25) is 19.4 Å². The molecule has 2 aliphatic heterocycles. The average molecular weight is 493 g/mol. The third-order valence-corrected chi connectivity index (χ3v) is 7.98. The maximum Gasteiger partial charge on any atom is 0.280 e. The lowest BCUT2D eigenvalue weighted by atomic mass is 9.96. The number of alkyl halides is 1. The van der Waals surface area contributed by atoms with Gasteiger partial charge in [-0.15, -0.1) is 22.9 Å². The third kappa shape index (κ3) is 4.15. The highest BCUT2D eigenvalue weighted by Gasteiger charge is 2.53. The average Bonchev–Trinajstić information content (AvgIpc) is 3.59. The van der Waals surface area contributed by atoms with E-state index in [1.54, 1.807) is 0 Å². The maximum atomic E-state index is 14.1. The van der Waals surface area contributed by atoms with Gasteiger partial charge in [0.25, 0.3) is 5.91 Å². The predicted molar refractivity (Wildman–Crippen MR) is 118 cm³/mol. The molecule has 2 amide bonds. The Morgan fingerprint density at radius 3 is 2.85 bits per heavy atom. The van der Waals surface area contributed by atoms with Crippen LogP contribution in [0.5, 0.6) is 0 Å². The first-order chi connectivity index (χ1) is 15.9.